The fraction of sp³-hybridized carbons (Fsp3) is 0.500. The second-order valence-electron chi connectivity index (χ2n) is 8.17. The lowest BCUT2D eigenvalue weighted by Gasteiger charge is -2.46. The zero-order valence-electron chi connectivity index (χ0n) is 16.3. The van der Waals surface area contributed by atoms with E-state index in [1.165, 1.54) is 54.7 Å². The predicted molar refractivity (Wildman–Crippen MR) is 119 cm³/mol. The molecule has 0 saturated carbocycles. The van der Waals surface area contributed by atoms with E-state index in [0.717, 1.165) is 22.9 Å². The minimum absolute atomic E-state index is 0.498. The summed E-state index contributed by atoms with van der Waals surface area (Å²) in [5.74, 6) is 0. The number of hydrogen-bond donors (Lipinski definition) is 3. The first-order chi connectivity index (χ1) is 13.1. The lowest BCUT2D eigenvalue weighted by Crippen LogP contribution is -3.20. The van der Waals surface area contributed by atoms with Crippen LogP contribution in [-0.2, 0) is 6.54 Å². The van der Waals surface area contributed by atoms with Crippen LogP contribution in [0.4, 0.5) is 5.69 Å². The summed E-state index contributed by atoms with van der Waals surface area (Å²) in [5, 5.41) is 10.0. The van der Waals surface area contributed by atoms with Crippen molar-refractivity contribution in [2.45, 2.75) is 70.6 Å². The van der Waals surface area contributed by atoms with Gasteiger partial charge in [0.1, 0.15) is 6.54 Å². The Morgan fingerprint density at radius 3 is 2.63 bits per heavy atom. The molecular weight excluding hydrogens is 370 g/mol. The second kappa shape index (κ2) is 8.29. The van der Waals surface area contributed by atoms with Gasteiger partial charge >= 0.3 is 0 Å². The summed E-state index contributed by atoms with van der Waals surface area (Å²) < 4.78 is 0. The number of thiocarbonyl (C=S) groups is 1. The van der Waals surface area contributed by atoms with E-state index in [-0.39, 0.29) is 0 Å². The van der Waals surface area contributed by atoms with Crippen molar-refractivity contribution in [2.24, 2.45) is 0 Å². The Labute approximate surface area is 172 Å². The van der Waals surface area contributed by atoms with Gasteiger partial charge in [0.25, 0.3) is 0 Å². The summed E-state index contributed by atoms with van der Waals surface area (Å²) in [6.07, 6.45) is 6.55. The number of anilines is 1. The lowest BCUT2D eigenvalue weighted by atomic mass is 9.81. The van der Waals surface area contributed by atoms with Gasteiger partial charge in [0.2, 0.25) is 0 Å². The largest absolute Gasteiger partial charge is 0.359 e. The van der Waals surface area contributed by atoms with Crippen molar-refractivity contribution < 1.29 is 4.90 Å². The molecule has 0 aliphatic carbocycles. The van der Waals surface area contributed by atoms with E-state index in [2.05, 4.69) is 60.2 Å². The van der Waals surface area contributed by atoms with Crippen LogP contribution in [0.5, 0.6) is 0 Å². The first kappa shape index (κ1) is 18.9. The van der Waals surface area contributed by atoms with Crippen molar-refractivity contribution in [3.63, 3.8) is 0 Å². The standard InChI is InChI=1S/C22H29N3S2/c1-15-6-3-10-21(16(15)2)24-22(26)23-17-12-18-7-4-8-19(13-17)25(18)14-20-9-5-11-27-20/h3,5-6,9-11,17-19H,4,7-8,12-14H2,1-2H3,(H2,23,24,26)/p+1/t18-,19-/m1/s1. The molecule has 2 bridgehead atoms. The van der Waals surface area contributed by atoms with Crippen molar-refractivity contribution >= 4 is 34.4 Å². The highest BCUT2D eigenvalue weighted by Crippen LogP contribution is 2.24. The third-order valence-electron chi connectivity index (χ3n) is 6.44. The first-order valence-corrected chi connectivity index (χ1v) is 11.4. The third-order valence-corrected chi connectivity index (χ3v) is 7.53. The number of rotatable bonds is 4. The van der Waals surface area contributed by atoms with E-state index < -0.39 is 0 Å². The maximum Gasteiger partial charge on any atom is 0.171 e. The summed E-state index contributed by atoms with van der Waals surface area (Å²) in [5.41, 5.74) is 3.69. The Hall–Kier alpha value is -1.43. The first-order valence-electron chi connectivity index (χ1n) is 10.1. The Morgan fingerprint density at radius 1 is 1.15 bits per heavy atom. The predicted octanol–water partition coefficient (Wildman–Crippen LogP) is 3.82. The van der Waals surface area contributed by atoms with Gasteiger partial charge in [-0.1, -0.05) is 18.2 Å². The molecule has 3 heterocycles. The molecule has 1 aromatic heterocycles. The maximum atomic E-state index is 5.65. The molecule has 2 atom stereocenters. The van der Waals surface area contributed by atoms with Gasteiger partial charge in [-0.3, -0.25) is 0 Å². The number of benzene rings is 1. The normalized spacial score (nSPS) is 27.2. The molecule has 0 amide bonds. The van der Waals surface area contributed by atoms with Crippen LogP contribution in [0.1, 0.15) is 48.1 Å². The number of piperidine rings is 2. The van der Waals surface area contributed by atoms with Gasteiger partial charge in [-0.15, -0.1) is 11.3 Å². The molecule has 144 valence electrons. The zero-order chi connectivity index (χ0) is 18.8. The fourth-order valence-electron chi connectivity index (χ4n) is 4.89. The highest BCUT2D eigenvalue weighted by Gasteiger charge is 2.42. The smallest absolute Gasteiger partial charge is 0.171 e. The minimum atomic E-state index is 0.498. The van der Waals surface area contributed by atoms with Crippen LogP contribution in [-0.4, -0.2) is 23.2 Å². The molecule has 1 aromatic carbocycles. The van der Waals surface area contributed by atoms with Crippen LogP contribution in [0.2, 0.25) is 0 Å². The Kier molecular flexibility index (Phi) is 5.81. The van der Waals surface area contributed by atoms with Gasteiger partial charge in [0, 0.05) is 24.6 Å². The lowest BCUT2D eigenvalue weighted by molar-refractivity contribution is -0.973. The van der Waals surface area contributed by atoms with Crippen LogP contribution in [0.3, 0.4) is 0 Å². The average molecular weight is 401 g/mol. The minimum Gasteiger partial charge on any atom is -0.359 e. The SMILES string of the molecule is Cc1cccc(NC(=S)NC2C[C@H]3CCC[C@H](C2)[NH+]3Cc2cccs2)c1C. The van der Waals surface area contributed by atoms with Crippen molar-refractivity contribution in [1.82, 2.24) is 5.32 Å². The quantitative estimate of drug-likeness (QED) is 0.682. The van der Waals surface area contributed by atoms with Crippen LogP contribution >= 0.6 is 23.6 Å². The Morgan fingerprint density at radius 2 is 1.93 bits per heavy atom. The van der Waals surface area contributed by atoms with Crippen molar-refractivity contribution in [3.8, 4) is 0 Å². The molecule has 27 heavy (non-hydrogen) atoms. The molecule has 3 nitrogen and oxygen atoms in total. The van der Waals surface area contributed by atoms with Crippen molar-refractivity contribution in [3.05, 3.63) is 51.7 Å². The average Bonchev–Trinajstić information content (AvgIpc) is 3.13. The third kappa shape index (κ3) is 4.36. The maximum absolute atomic E-state index is 5.65. The molecule has 5 heteroatoms. The van der Waals surface area contributed by atoms with E-state index in [4.69, 9.17) is 12.2 Å². The van der Waals surface area contributed by atoms with Gasteiger partial charge in [-0.25, -0.2) is 0 Å². The molecule has 2 fully saturated rings. The summed E-state index contributed by atoms with van der Waals surface area (Å²) in [6, 6.07) is 12.8. The fourth-order valence-corrected chi connectivity index (χ4v) is 5.90. The van der Waals surface area contributed by atoms with Crippen LogP contribution in [0.15, 0.2) is 35.7 Å². The molecule has 0 spiro atoms. The molecule has 2 aliphatic heterocycles. The number of quaternary nitrogens is 1. The number of fused-ring (bicyclic) bond motifs is 2. The number of aryl methyl sites for hydroxylation is 1. The molecule has 2 aliphatic rings. The molecule has 2 saturated heterocycles. The molecule has 0 unspecified atom stereocenters. The van der Waals surface area contributed by atoms with Gasteiger partial charge in [-0.2, -0.15) is 0 Å². The highest BCUT2D eigenvalue weighted by atomic mass is 32.1. The van der Waals surface area contributed by atoms with E-state index in [0.29, 0.717) is 6.04 Å². The number of hydrogen-bond acceptors (Lipinski definition) is 2. The van der Waals surface area contributed by atoms with Crippen LogP contribution < -0.4 is 15.5 Å². The van der Waals surface area contributed by atoms with Gasteiger partial charge in [0.15, 0.2) is 5.11 Å². The Bertz CT molecular complexity index is 773. The summed E-state index contributed by atoms with van der Waals surface area (Å²) in [6.45, 7) is 5.49. The zero-order valence-corrected chi connectivity index (χ0v) is 17.9. The van der Waals surface area contributed by atoms with Gasteiger partial charge in [-0.05, 0) is 74.0 Å². The molecule has 2 aromatic rings. The molecule has 3 N–H and O–H groups in total. The monoisotopic (exact) mass is 400 g/mol. The molecule has 0 radical (unpaired) electrons. The van der Waals surface area contributed by atoms with Gasteiger partial charge in [0.05, 0.1) is 17.0 Å². The van der Waals surface area contributed by atoms with Crippen LogP contribution in [0.25, 0.3) is 0 Å². The van der Waals surface area contributed by atoms with E-state index >= 15 is 0 Å². The second-order valence-corrected chi connectivity index (χ2v) is 9.61. The highest BCUT2D eigenvalue weighted by molar-refractivity contribution is 7.80. The van der Waals surface area contributed by atoms with E-state index in [9.17, 15) is 0 Å². The Balaban J connectivity index is 1.37. The number of nitrogens with one attached hydrogen (secondary N) is 3. The van der Waals surface area contributed by atoms with Crippen molar-refractivity contribution in [1.29, 1.82) is 0 Å². The van der Waals surface area contributed by atoms with E-state index in [1.54, 1.807) is 0 Å². The summed E-state index contributed by atoms with van der Waals surface area (Å²) >= 11 is 7.55. The molecular formula is C22H30N3S2+. The van der Waals surface area contributed by atoms with Crippen molar-refractivity contribution in [2.75, 3.05) is 5.32 Å². The topological polar surface area (TPSA) is 28.5 Å². The van der Waals surface area contributed by atoms with Gasteiger partial charge < -0.3 is 15.5 Å². The van der Waals surface area contributed by atoms with E-state index in [1.807, 2.05) is 16.2 Å². The van der Waals surface area contributed by atoms with Crippen LogP contribution in [0, 0.1) is 13.8 Å². The molecule has 4 rings (SSSR count). The summed E-state index contributed by atoms with van der Waals surface area (Å²) in [7, 11) is 0. The number of thiophene rings is 1. The summed E-state index contributed by atoms with van der Waals surface area (Å²) in [4.78, 5) is 3.34.